The molecule has 30 heavy (non-hydrogen) atoms. The van der Waals surface area contributed by atoms with Gasteiger partial charge in [0, 0.05) is 38.4 Å². The average Bonchev–Trinajstić information content (AvgIpc) is 2.80. The summed E-state index contributed by atoms with van der Waals surface area (Å²) in [7, 11) is 0. The molecule has 2 aliphatic heterocycles. The van der Waals surface area contributed by atoms with Gasteiger partial charge in [0.15, 0.2) is 0 Å². The topological polar surface area (TPSA) is 71.5 Å². The van der Waals surface area contributed by atoms with Crippen molar-refractivity contribution in [3.8, 4) is 0 Å². The Labute approximate surface area is 177 Å². The predicted octanol–water partition coefficient (Wildman–Crippen LogP) is 3.32. The van der Waals surface area contributed by atoms with E-state index in [1.54, 1.807) is 6.20 Å². The molecule has 2 fully saturated rings. The number of pyridine rings is 1. The molecule has 4 rings (SSSR count). The number of amides is 2. The van der Waals surface area contributed by atoms with Gasteiger partial charge in [-0.2, -0.15) is 0 Å². The van der Waals surface area contributed by atoms with Crippen LogP contribution >= 0.6 is 0 Å². The third-order valence-corrected chi connectivity index (χ3v) is 6.40. The van der Waals surface area contributed by atoms with Crippen LogP contribution in [-0.2, 0) is 19.7 Å². The lowest BCUT2D eigenvalue weighted by atomic mass is 9.72. The molecular formula is C24H29N3O3. The highest BCUT2D eigenvalue weighted by Crippen LogP contribution is 2.37. The lowest BCUT2D eigenvalue weighted by Crippen LogP contribution is -2.52. The van der Waals surface area contributed by atoms with Crippen molar-refractivity contribution in [2.45, 2.75) is 38.0 Å². The number of anilines is 1. The zero-order valence-corrected chi connectivity index (χ0v) is 17.5. The molecule has 1 aromatic heterocycles. The summed E-state index contributed by atoms with van der Waals surface area (Å²) in [6.07, 6.45) is 4.45. The van der Waals surface area contributed by atoms with Gasteiger partial charge in [0.25, 0.3) is 0 Å². The number of carbonyl (C=O) groups is 2. The molecule has 0 spiro atoms. The molecule has 158 valence electrons. The summed E-state index contributed by atoms with van der Waals surface area (Å²) in [6.45, 7) is 4.38. The fourth-order valence-electron chi connectivity index (χ4n) is 4.58. The summed E-state index contributed by atoms with van der Waals surface area (Å²) < 4.78 is 5.57. The van der Waals surface area contributed by atoms with E-state index in [1.807, 2.05) is 42.2 Å². The molecule has 2 aromatic rings. The standard InChI is InChI=1S/C24H29N3O3/c1-18-7-12-25-21(17-18)26-22(28)19-8-13-27(14-9-19)23(29)24(10-15-30-16-11-24)20-5-3-2-4-6-20/h2-7,12,17,19H,8-11,13-16H2,1H3,(H,25,26,28). The highest BCUT2D eigenvalue weighted by molar-refractivity contribution is 5.92. The van der Waals surface area contributed by atoms with Gasteiger partial charge in [-0.15, -0.1) is 0 Å². The Morgan fingerprint density at radius 2 is 1.80 bits per heavy atom. The molecule has 2 amide bonds. The third-order valence-electron chi connectivity index (χ3n) is 6.40. The van der Waals surface area contributed by atoms with Crippen molar-refractivity contribution in [1.82, 2.24) is 9.88 Å². The van der Waals surface area contributed by atoms with Crippen molar-refractivity contribution < 1.29 is 14.3 Å². The molecular weight excluding hydrogens is 378 g/mol. The van der Waals surface area contributed by atoms with Crippen LogP contribution in [0, 0.1) is 12.8 Å². The summed E-state index contributed by atoms with van der Waals surface area (Å²) >= 11 is 0. The van der Waals surface area contributed by atoms with Crippen LogP contribution in [-0.4, -0.2) is 48.0 Å². The van der Waals surface area contributed by atoms with E-state index in [1.165, 1.54) is 0 Å². The van der Waals surface area contributed by atoms with Crippen molar-refractivity contribution >= 4 is 17.6 Å². The number of aryl methyl sites for hydroxylation is 1. The third kappa shape index (κ3) is 4.24. The highest BCUT2D eigenvalue weighted by Gasteiger charge is 2.44. The van der Waals surface area contributed by atoms with Crippen LogP contribution in [0.5, 0.6) is 0 Å². The molecule has 1 aromatic carbocycles. The molecule has 0 atom stereocenters. The first kappa shape index (κ1) is 20.5. The van der Waals surface area contributed by atoms with E-state index in [9.17, 15) is 9.59 Å². The molecule has 2 aliphatic rings. The van der Waals surface area contributed by atoms with Crippen LogP contribution in [0.15, 0.2) is 48.7 Å². The lowest BCUT2D eigenvalue weighted by Gasteiger charge is -2.42. The first-order chi connectivity index (χ1) is 14.6. The number of nitrogens with one attached hydrogen (secondary N) is 1. The maximum atomic E-state index is 13.6. The minimum atomic E-state index is -0.514. The van der Waals surface area contributed by atoms with Crippen LogP contribution in [0.2, 0.25) is 0 Å². The van der Waals surface area contributed by atoms with Gasteiger partial charge in [0.2, 0.25) is 11.8 Å². The summed E-state index contributed by atoms with van der Waals surface area (Å²) in [6, 6.07) is 13.8. The van der Waals surface area contributed by atoms with Gasteiger partial charge in [0.1, 0.15) is 5.82 Å². The second kappa shape index (κ2) is 8.96. The van der Waals surface area contributed by atoms with E-state index in [0.717, 1.165) is 11.1 Å². The maximum absolute atomic E-state index is 13.6. The number of ether oxygens (including phenoxy) is 1. The molecule has 3 heterocycles. The fraction of sp³-hybridized carbons (Fsp3) is 0.458. The Bertz CT molecular complexity index is 886. The van der Waals surface area contributed by atoms with Crippen molar-refractivity contribution in [1.29, 1.82) is 0 Å². The molecule has 0 unspecified atom stereocenters. The smallest absolute Gasteiger partial charge is 0.233 e. The zero-order chi connectivity index (χ0) is 21.0. The van der Waals surface area contributed by atoms with E-state index in [0.29, 0.717) is 57.8 Å². The van der Waals surface area contributed by atoms with Gasteiger partial charge < -0.3 is 15.0 Å². The van der Waals surface area contributed by atoms with Gasteiger partial charge in [-0.25, -0.2) is 4.98 Å². The minimum absolute atomic E-state index is 0.0101. The Hall–Kier alpha value is -2.73. The number of piperidine rings is 1. The first-order valence-corrected chi connectivity index (χ1v) is 10.7. The fourth-order valence-corrected chi connectivity index (χ4v) is 4.58. The molecule has 0 saturated carbocycles. The predicted molar refractivity (Wildman–Crippen MR) is 115 cm³/mol. The van der Waals surface area contributed by atoms with Gasteiger partial charge in [-0.1, -0.05) is 30.3 Å². The second-order valence-corrected chi connectivity index (χ2v) is 8.33. The maximum Gasteiger partial charge on any atom is 0.233 e. The number of rotatable bonds is 4. The lowest BCUT2D eigenvalue weighted by molar-refractivity contribution is -0.143. The second-order valence-electron chi connectivity index (χ2n) is 8.33. The summed E-state index contributed by atoms with van der Waals surface area (Å²) in [4.78, 5) is 32.5. The van der Waals surface area contributed by atoms with Gasteiger partial charge in [-0.05, 0) is 55.9 Å². The molecule has 6 heteroatoms. The van der Waals surface area contributed by atoms with Crippen LogP contribution in [0.1, 0.15) is 36.8 Å². The number of aromatic nitrogens is 1. The number of hydrogen-bond donors (Lipinski definition) is 1. The number of benzene rings is 1. The monoisotopic (exact) mass is 407 g/mol. The molecule has 1 N–H and O–H groups in total. The Morgan fingerprint density at radius 3 is 2.47 bits per heavy atom. The van der Waals surface area contributed by atoms with Gasteiger partial charge >= 0.3 is 0 Å². The van der Waals surface area contributed by atoms with Crippen LogP contribution < -0.4 is 5.32 Å². The van der Waals surface area contributed by atoms with E-state index in [4.69, 9.17) is 4.74 Å². The summed E-state index contributed by atoms with van der Waals surface area (Å²) in [5.41, 5.74) is 1.62. The Morgan fingerprint density at radius 1 is 1.10 bits per heavy atom. The Balaban J connectivity index is 1.41. The Kier molecular flexibility index (Phi) is 6.13. The van der Waals surface area contributed by atoms with Crippen molar-refractivity contribution in [3.05, 3.63) is 59.8 Å². The van der Waals surface area contributed by atoms with Gasteiger partial charge in [-0.3, -0.25) is 9.59 Å². The molecule has 0 aliphatic carbocycles. The van der Waals surface area contributed by atoms with E-state index in [2.05, 4.69) is 22.4 Å². The van der Waals surface area contributed by atoms with Crippen LogP contribution in [0.4, 0.5) is 5.82 Å². The van der Waals surface area contributed by atoms with Crippen molar-refractivity contribution in [3.63, 3.8) is 0 Å². The number of nitrogens with zero attached hydrogens (tertiary/aromatic N) is 2. The van der Waals surface area contributed by atoms with Crippen LogP contribution in [0.25, 0.3) is 0 Å². The minimum Gasteiger partial charge on any atom is -0.381 e. The molecule has 6 nitrogen and oxygen atoms in total. The van der Waals surface area contributed by atoms with E-state index < -0.39 is 5.41 Å². The zero-order valence-electron chi connectivity index (χ0n) is 17.5. The van der Waals surface area contributed by atoms with Crippen molar-refractivity contribution in [2.75, 3.05) is 31.6 Å². The largest absolute Gasteiger partial charge is 0.381 e. The average molecular weight is 408 g/mol. The molecule has 2 saturated heterocycles. The molecule has 0 radical (unpaired) electrons. The SMILES string of the molecule is Cc1ccnc(NC(=O)C2CCN(C(=O)C3(c4ccccc4)CCOCC3)CC2)c1. The normalized spacial score (nSPS) is 19.3. The van der Waals surface area contributed by atoms with E-state index in [-0.39, 0.29) is 17.7 Å². The molecule has 0 bridgehead atoms. The quantitative estimate of drug-likeness (QED) is 0.844. The van der Waals surface area contributed by atoms with Crippen LogP contribution in [0.3, 0.4) is 0 Å². The highest BCUT2D eigenvalue weighted by atomic mass is 16.5. The number of hydrogen-bond acceptors (Lipinski definition) is 4. The van der Waals surface area contributed by atoms with Gasteiger partial charge in [0.05, 0.1) is 5.41 Å². The number of likely N-dealkylation sites (tertiary alicyclic amines) is 1. The first-order valence-electron chi connectivity index (χ1n) is 10.7. The summed E-state index contributed by atoms with van der Waals surface area (Å²) in [5, 5.41) is 2.92. The summed E-state index contributed by atoms with van der Waals surface area (Å²) in [5.74, 6) is 0.655. The number of carbonyl (C=O) groups excluding carboxylic acids is 2. The van der Waals surface area contributed by atoms with Crippen molar-refractivity contribution in [2.24, 2.45) is 5.92 Å². The van der Waals surface area contributed by atoms with E-state index >= 15 is 0 Å².